The molecule has 168 valence electrons. The summed E-state index contributed by atoms with van der Waals surface area (Å²) in [5, 5.41) is 2.36. The number of nitrogens with zero attached hydrogens (tertiary/aromatic N) is 2. The molecule has 10 nitrogen and oxygen atoms in total. The van der Waals surface area contributed by atoms with Crippen molar-refractivity contribution in [2.75, 3.05) is 18.4 Å². The maximum atomic E-state index is 13.1. The van der Waals surface area contributed by atoms with Gasteiger partial charge >= 0.3 is 51.7 Å². The number of alkyl halides is 3. The Hall–Kier alpha value is -2.13. The molecule has 2 amide bonds. The van der Waals surface area contributed by atoms with Crippen molar-refractivity contribution in [1.82, 2.24) is 9.21 Å². The number of anilines is 1. The first kappa shape index (κ1) is 24.5. The number of hydrogen-bond donors (Lipinski definition) is 2. The van der Waals surface area contributed by atoms with Crippen molar-refractivity contribution in [1.29, 1.82) is 0 Å². The zero-order chi connectivity index (χ0) is 22.7. The first-order valence-electron chi connectivity index (χ1n) is 8.87. The van der Waals surface area contributed by atoms with E-state index in [1.54, 1.807) is 0 Å². The number of likely N-dealkylation sites (tertiary alicyclic amines) is 1. The topological polar surface area (TPSA) is 137 Å². The molecular formula is C17H15F3N3NaO7S. The van der Waals surface area contributed by atoms with Gasteiger partial charge in [-0.3, -0.25) is 14.1 Å². The van der Waals surface area contributed by atoms with Crippen molar-refractivity contribution in [2.24, 2.45) is 0 Å². The molecule has 0 saturated carbocycles. The van der Waals surface area contributed by atoms with Crippen molar-refractivity contribution in [3.63, 3.8) is 0 Å². The summed E-state index contributed by atoms with van der Waals surface area (Å²) in [6.07, 6.45) is -4.58. The monoisotopic (exact) mass is 485 g/mol. The van der Waals surface area contributed by atoms with E-state index in [1.165, 1.54) is 11.0 Å². The number of carbonyl (C=O) groups excluding carboxylic acids is 2. The third kappa shape index (κ3) is 4.24. The fourth-order valence-corrected chi connectivity index (χ4v) is 4.78. The van der Waals surface area contributed by atoms with Crippen LogP contribution in [0.2, 0.25) is 0 Å². The van der Waals surface area contributed by atoms with Crippen molar-refractivity contribution in [3.8, 4) is 0 Å². The van der Waals surface area contributed by atoms with E-state index >= 15 is 0 Å². The quantitative estimate of drug-likeness (QED) is 0.219. The van der Waals surface area contributed by atoms with Crippen LogP contribution in [0.1, 0.15) is 13.4 Å². The van der Waals surface area contributed by atoms with E-state index in [9.17, 15) is 36.0 Å². The summed E-state index contributed by atoms with van der Waals surface area (Å²) in [6, 6.07) is 2.03. The van der Waals surface area contributed by atoms with E-state index in [0.29, 0.717) is 10.4 Å². The maximum Gasteiger partial charge on any atom is 1.00 e. The normalized spacial score (nSPS) is 20.6. The van der Waals surface area contributed by atoms with Gasteiger partial charge < -0.3 is 16.1 Å². The van der Waals surface area contributed by atoms with Gasteiger partial charge in [-0.15, -0.1) is 0 Å². The molecule has 2 fully saturated rings. The van der Waals surface area contributed by atoms with Gasteiger partial charge in [0.15, 0.2) is 0 Å². The Labute approximate surface area is 202 Å². The number of hydrogen-bond acceptors (Lipinski definition) is 7. The number of carbonyl (C=O) groups is 2. The molecule has 2 atom stereocenters. The van der Waals surface area contributed by atoms with Gasteiger partial charge in [0.05, 0.1) is 18.2 Å². The average molecular weight is 485 g/mol. The summed E-state index contributed by atoms with van der Waals surface area (Å²) < 4.78 is 76.0. The van der Waals surface area contributed by atoms with Crippen LogP contribution in [0.25, 0.3) is 11.0 Å². The van der Waals surface area contributed by atoms with E-state index in [2.05, 4.69) is 5.32 Å². The van der Waals surface area contributed by atoms with E-state index < -0.39 is 51.6 Å². The number of halogens is 3. The summed E-state index contributed by atoms with van der Waals surface area (Å²) in [5.41, 5.74) is -2.45. The summed E-state index contributed by atoms with van der Waals surface area (Å²) >= 11 is 0. The fraction of sp³-hybridized carbons (Fsp3) is 0.353. The standard InChI is InChI=1S/C17H14F3N3O7S.Na.H/c18-17(19,20)10-6-14(25)30-12-5-8(1-2-9(10)12)21-7-13(24)22-4-3-11-15(22)16(26)23(11)31(27,28)29;;/h1-2,5-6,11,15,21H,3-4,7H2,(H,27,28,29);;/q;+1;-1/t11-,15+;;/m1../s1. The number of fused-ring (bicyclic) bond motifs is 2. The van der Waals surface area contributed by atoms with Crippen LogP contribution in [0.15, 0.2) is 33.5 Å². The second-order valence-electron chi connectivity index (χ2n) is 7.04. The predicted molar refractivity (Wildman–Crippen MR) is 99.4 cm³/mol. The molecule has 2 aliphatic rings. The molecule has 0 unspecified atom stereocenters. The number of nitrogens with one attached hydrogen (secondary N) is 1. The van der Waals surface area contributed by atoms with Gasteiger partial charge in [0.2, 0.25) is 5.91 Å². The predicted octanol–water partition coefficient (Wildman–Crippen LogP) is -2.05. The molecule has 1 aromatic heterocycles. The van der Waals surface area contributed by atoms with E-state index in [1.807, 2.05) is 0 Å². The number of amides is 2. The zero-order valence-electron chi connectivity index (χ0n) is 17.4. The average Bonchev–Trinajstić information content (AvgIpc) is 3.01. The van der Waals surface area contributed by atoms with Crippen LogP contribution in [0.5, 0.6) is 0 Å². The molecule has 2 saturated heterocycles. The maximum absolute atomic E-state index is 13.1. The summed E-state index contributed by atoms with van der Waals surface area (Å²) in [4.78, 5) is 37.1. The van der Waals surface area contributed by atoms with Crippen LogP contribution in [-0.4, -0.2) is 59.2 Å². The Balaban J connectivity index is 0.00000193. The van der Waals surface area contributed by atoms with Gasteiger partial charge in [0.1, 0.15) is 11.6 Å². The SMILES string of the molecule is O=C(CNc1ccc2c(C(F)(F)F)cc(=O)oc2c1)N1CC[C@@H]2[C@H]1C(=O)N2S(=O)(=O)O.[H-].[Na+]. The van der Waals surface area contributed by atoms with Crippen LogP contribution in [0, 0.1) is 0 Å². The molecule has 2 N–H and O–H groups in total. The molecule has 32 heavy (non-hydrogen) atoms. The second-order valence-corrected chi connectivity index (χ2v) is 8.33. The van der Waals surface area contributed by atoms with Crippen molar-refractivity contribution in [2.45, 2.75) is 24.7 Å². The Morgan fingerprint density at radius 3 is 2.59 bits per heavy atom. The molecule has 2 aliphatic heterocycles. The molecule has 1 aromatic carbocycles. The number of benzene rings is 1. The second kappa shape index (κ2) is 8.33. The molecule has 0 spiro atoms. The largest absolute Gasteiger partial charge is 1.00 e. The van der Waals surface area contributed by atoms with E-state index in [4.69, 9.17) is 8.97 Å². The molecule has 3 heterocycles. The minimum atomic E-state index is -4.75. The molecule has 2 aromatic rings. The van der Waals surface area contributed by atoms with Crippen LogP contribution in [0.3, 0.4) is 0 Å². The van der Waals surface area contributed by atoms with Crippen molar-refractivity contribution >= 4 is 38.8 Å². The molecule has 0 aliphatic carbocycles. The zero-order valence-corrected chi connectivity index (χ0v) is 19.2. The Bertz CT molecular complexity index is 1270. The van der Waals surface area contributed by atoms with Gasteiger partial charge in [-0.05, 0) is 18.6 Å². The van der Waals surface area contributed by atoms with Crippen molar-refractivity contribution < 1.29 is 71.1 Å². The van der Waals surface area contributed by atoms with Gasteiger partial charge in [-0.2, -0.15) is 21.6 Å². The smallest absolute Gasteiger partial charge is 1.00 e. The number of β-lactam (4-membered cyclic amide) rings is 1. The van der Waals surface area contributed by atoms with Gasteiger partial charge in [0, 0.05) is 29.8 Å². The molecule has 0 radical (unpaired) electrons. The first-order valence-corrected chi connectivity index (χ1v) is 10.3. The van der Waals surface area contributed by atoms with Crippen LogP contribution < -0.4 is 40.5 Å². The molecule has 4 rings (SSSR count). The van der Waals surface area contributed by atoms with Crippen molar-refractivity contribution in [3.05, 3.63) is 40.2 Å². The first-order chi connectivity index (χ1) is 14.4. The molecular weight excluding hydrogens is 470 g/mol. The van der Waals surface area contributed by atoms with E-state index in [-0.39, 0.29) is 67.2 Å². The van der Waals surface area contributed by atoms with Crippen LogP contribution >= 0.6 is 0 Å². The number of rotatable bonds is 4. The van der Waals surface area contributed by atoms with Gasteiger partial charge in [-0.1, -0.05) is 0 Å². The molecule has 15 heteroatoms. The summed E-state index contributed by atoms with van der Waals surface area (Å²) in [5.74, 6) is -1.47. The third-order valence-electron chi connectivity index (χ3n) is 5.20. The Kier molecular flexibility index (Phi) is 6.38. The van der Waals surface area contributed by atoms with Crippen LogP contribution in [0.4, 0.5) is 18.9 Å². The Morgan fingerprint density at radius 1 is 1.28 bits per heavy atom. The minimum absolute atomic E-state index is 0. The third-order valence-corrected chi connectivity index (χ3v) is 6.15. The van der Waals surface area contributed by atoms with Gasteiger partial charge in [0.25, 0.3) is 5.91 Å². The van der Waals surface area contributed by atoms with Crippen LogP contribution in [-0.2, 0) is 26.1 Å². The molecule has 0 bridgehead atoms. The summed E-state index contributed by atoms with van der Waals surface area (Å²) in [6.45, 7) is -0.258. The van der Waals surface area contributed by atoms with Gasteiger partial charge in [-0.25, -0.2) is 9.10 Å². The van der Waals surface area contributed by atoms with E-state index in [0.717, 1.165) is 12.1 Å². The summed E-state index contributed by atoms with van der Waals surface area (Å²) in [7, 11) is -4.70. The Morgan fingerprint density at radius 2 is 1.97 bits per heavy atom. The minimum Gasteiger partial charge on any atom is -1.00 e. The fourth-order valence-electron chi connectivity index (χ4n) is 3.88.